The third-order valence-electron chi connectivity index (χ3n) is 2.78. The topological polar surface area (TPSA) is 9.23 Å². The molecular formula is C13H7I3O. The molecule has 0 atom stereocenters. The van der Waals surface area contributed by atoms with Crippen LogP contribution in [0.5, 0.6) is 11.5 Å². The summed E-state index contributed by atoms with van der Waals surface area (Å²) < 4.78 is 9.81. The molecule has 2 aromatic carbocycles. The third-order valence-corrected chi connectivity index (χ3v) is 6.69. The summed E-state index contributed by atoms with van der Waals surface area (Å²) in [5.74, 6) is 2.04. The molecule has 2 aromatic rings. The van der Waals surface area contributed by atoms with E-state index in [1.54, 1.807) is 0 Å². The van der Waals surface area contributed by atoms with Crippen molar-refractivity contribution >= 4 is 67.8 Å². The van der Waals surface area contributed by atoms with Gasteiger partial charge >= 0.3 is 0 Å². The highest BCUT2D eigenvalue weighted by atomic mass is 127. The lowest BCUT2D eigenvalue weighted by Crippen LogP contribution is -2.07. The van der Waals surface area contributed by atoms with Crippen molar-refractivity contribution in [2.45, 2.75) is 6.42 Å². The number of para-hydroxylation sites is 1. The summed E-state index contributed by atoms with van der Waals surface area (Å²) in [6, 6.07) is 10.5. The predicted octanol–water partition coefficient (Wildman–Crippen LogP) is 5.20. The first-order chi connectivity index (χ1) is 8.16. The molecule has 4 heteroatoms. The lowest BCUT2D eigenvalue weighted by Gasteiger charge is -2.23. The molecule has 1 aliphatic heterocycles. The van der Waals surface area contributed by atoms with Gasteiger partial charge in [0.2, 0.25) is 0 Å². The number of hydrogen-bond acceptors (Lipinski definition) is 1. The lowest BCUT2D eigenvalue weighted by atomic mass is 10.0. The van der Waals surface area contributed by atoms with E-state index in [0.29, 0.717) is 0 Å². The first-order valence-electron chi connectivity index (χ1n) is 5.09. The van der Waals surface area contributed by atoms with Crippen molar-refractivity contribution in [1.82, 2.24) is 0 Å². The molecule has 0 aliphatic carbocycles. The molecule has 86 valence electrons. The highest BCUT2D eigenvalue weighted by Gasteiger charge is 2.22. The molecule has 0 N–H and O–H groups in total. The molecule has 1 aliphatic rings. The Bertz CT molecular complexity index is 608. The highest BCUT2D eigenvalue weighted by Crippen LogP contribution is 2.42. The number of rotatable bonds is 0. The van der Waals surface area contributed by atoms with Crippen molar-refractivity contribution in [2.75, 3.05) is 0 Å². The molecular weight excluding hydrogens is 553 g/mol. The van der Waals surface area contributed by atoms with E-state index >= 15 is 0 Å². The molecule has 0 radical (unpaired) electrons. The second kappa shape index (κ2) is 4.84. The first kappa shape index (κ1) is 12.5. The summed E-state index contributed by atoms with van der Waals surface area (Å²) >= 11 is 7.13. The smallest absolute Gasteiger partial charge is 0.146 e. The van der Waals surface area contributed by atoms with Crippen LogP contribution in [0.15, 0.2) is 30.3 Å². The van der Waals surface area contributed by atoms with Gasteiger partial charge in [0.25, 0.3) is 0 Å². The minimum Gasteiger partial charge on any atom is -0.456 e. The van der Waals surface area contributed by atoms with E-state index in [4.69, 9.17) is 4.74 Å². The maximum absolute atomic E-state index is 6.05. The van der Waals surface area contributed by atoms with Gasteiger partial charge < -0.3 is 4.74 Å². The molecule has 0 amide bonds. The van der Waals surface area contributed by atoms with Crippen LogP contribution in [0, 0.1) is 10.7 Å². The zero-order valence-electron chi connectivity index (χ0n) is 8.64. The van der Waals surface area contributed by atoms with Gasteiger partial charge in [-0.05, 0) is 85.5 Å². The summed E-state index contributed by atoms with van der Waals surface area (Å²) in [5.41, 5.74) is 2.59. The van der Waals surface area contributed by atoms with Crippen molar-refractivity contribution in [1.29, 1.82) is 0 Å². The molecule has 0 bridgehead atoms. The number of fused-ring (bicyclic) bond motifs is 2. The zero-order valence-corrected chi connectivity index (χ0v) is 15.1. The fraction of sp³-hybridized carbons (Fsp3) is 0.0769. The van der Waals surface area contributed by atoms with E-state index in [0.717, 1.165) is 17.9 Å². The number of hydrogen-bond donors (Lipinski definition) is 0. The summed E-state index contributed by atoms with van der Waals surface area (Å²) in [5, 5.41) is 0. The van der Waals surface area contributed by atoms with Crippen molar-refractivity contribution in [2.24, 2.45) is 0 Å². The van der Waals surface area contributed by atoms with Gasteiger partial charge in [-0.3, -0.25) is 0 Å². The van der Waals surface area contributed by atoms with Gasteiger partial charge in [0.1, 0.15) is 11.5 Å². The van der Waals surface area contributed by atoms with Crippen LogP contribution in [0.3, 0.4) is 0 Å². The Labute approximate surface area is 141 Å². The largest absolute Gasteiger partial charge is 0.456 e. The molecule has 0 saturated heterocycles. The maximum atomic E-state index is 6.05. The van der Waals surface area contributed by atoms with Crippen molar-refractivity contribution < 1.29 is 4.74 Å². The van der Waals surface area contributed by atoms with E-state index < -0.39 is 0 Å². The van der Waals surface area contributed by atoms with Gasteiger partial charge in [0.15, 0.2) is 0 Å². The highest BCUT2D eigenvalue weighted by molar-refractivity contribution is 14.1. The third kappa shape index (κ3) is 2.20. The van der Waals surface area contributed by atoms with Gasteiger partial charge in [-0.15, -0.1) is 0 Å². The SMILES string of the molecule is Ic1cc(I)c2c(c1I)Oc1ccccc1C2. The quantitative estimate of drug-likeness (QED) is 0.272. The Morgan fingerprint density at radius 3 is 2.59 bits per heavy atom. The minimum atomic E-state index is 0.969. The standard InChI is InChI=1S/C13H7I3O/c14-9-6-10(15)12(16)13-8(9)5-7-3-1-2-4-11(7)17-13/h1-4,6H,5H2. The van der Waals surface area contributed by atoms with E-state index in [1.165, 1.54) is 21.8 Å². The molecule has 0 fully saturated rings. The summed E-state index contributed by atoms with van der Waals surface area (Å²) in [4.78, 5) is 0. The molecule has 0 saturated carbocycles. The second-order valence-corrected chi connectivity index (χ2v) is 7.25. The van der Waals surface area contributed by atoms with Crippen LogP contribution in [0.25, 0.3) is 0 Å². The second-order valence-electron chi connectivity index (χ2n) is 3.85. The average molecular weight is 560 g/mol. The minimum absolute atomic E-state index is 0.969. The number of benzene rings is 2. The van der Waals surface area contributed by atoms with Crippen molar-refractivity contribution in [3.8, 4) is 11.5 Å². The van der Waals surface area contributed by atoms with Gasteiger partial charge in [0, 0.05) is 19.1 Å². The van der Waals surface area contributed by atoms with Crippen LogP contribution >= 0.6 is 67.8 Å². The number of halogens is 3. The van der Waals surface area contributed by atoms with E-state index in [9.17, 15) is 0 Å². The Balaban J connectivity index is 2.21. The van der Waals surface area contributed by atoms with Crippen LogP contribution in [-0.4, -0.2) is 0 Å². The van der Waals surface area contributed by atoms with E-state index in [1.807, 2.05) is 12.1 Å². The maximum Gasteiger partial charge on any atom is 0.146 e. The van der Waals surface area contributed by atoms with Gasteiger partial charge in [-0.2, -0.15) is 0 Å². The summed E-state index contributed by atoms with van der Waals surface area (Å²) in [6.07, 6.45) is 0.969. The molecule has 17 heavy (non-hydrogen) atoms. The fourth-order valence-electron chi connectivity index (χ4n) is 1.93. The first-order valence-corrected chi connectivity index (χ1v) is 8.32. The Morgan fingerprint density at radius 1 is 1.00 bits per heavy atom. The molecule has 0 unspecified atom stereocenters. The van der Waals surface area contributed by atoms with Crippen LogP contribution in [0.4, 0.5) is 0 Å². The monoisotopic (exact) mass is 560 g/mol. The summed E-state index contributed by atoms with van der Waals surface area (Å²) in [7, 11) is 0. The summed E-state index contributed by atoms with van der Waals surface area (Å²) in [6.45, 7) is 0. The zero-order chi connectivity index (χ0) is 12.0. The van der Waals surface area contributed by atoms with Crippen molar-refractivity contribution in [3.63, 3.8) is 0 Å². The Hall–Kier alpha value is 0.430. The van der Waals surface area contributed by atoms with Gasteiger partial charge in [0.05, 0.1) is 3.57 Å². The van der Waals surface area contributed by atoms with Crippen LogP contribution in [0.2, 0.25) is 0 Å². The number of ether oxygens (including phenoxy) is 1. The molecule has 3 rings (SSSR count). The predicted molar refractivity (Wildman–Crippen MR) is 93.9 cm³/mol. The van der Waals surface area contributed by atoms with Crippen LogP contribution in [-0.2, 0) is 6.42 Å². The van der Waals surface area contributed by atoms with Gasteiger partial charge in [-0.25, -0.2) is 0 Å². The molecule has 1 heterocycles. The van der Waals surface area contributed by atoms with Crippen LogP contribution < -0.4 is 4.74 Å². The Morgan fingerprint density at radius 2 is 1.76 bits per heavy atom. The normalized spacial score (nSPS) is 12.6. The van der Waals surface area contributed by atoms with Crippen molar-refractivity contribution in [3.05, 3.63) is 52.2 Å². The molecule has 0 aromatic heterocycles. The Kier molecular flexibility index (Phi) is 3.55. The van der Waals surface area contributed by atoms with Gasteiger partial charge in [-0.1, -0.05) is 18.2 Å². The lowest BCUT2D eigenvalue weighted by molar-refractivity contribution is 0.455. The average Bonchev–Trinajstić information content (AvgIpc) is 2.34. The molecule has 0 spiro atoms. The van der Waals surface area contributed by atoms with E-state index in [-0.39, 0.29) is 0 Å². The van der Waals surface area contributed by atoms with Crippen LogP contribution in [0.1, 0.15) is 11.1 Å². The molecule has 1 nitrogen and oxygen atoms in total. The van der Waals surface area contributed by atoms with E-state index in [2.05, 4.69) is 86.0 Å². The fourth-order valence-corrected chi connectivity index (χ4v) is 4.42.